The molecule has 3 rings (SSSR count). The van der Waals surface area contributed by atoms with E-state index in [0.717, 1.165) is 18.6 Å². The molecule has 20 heavy (non-hydrogen) atoms. The maximum Gasteiger partial charge on any atom is 0.122 e. The first-order valence-corrected chi connectivity index (χ1v) is 7.42. The lowest BCUT2D eigenvalue weighted by molar-refractivity contribution is 0.408. The van der Waals surface area contributed by atoms with Gasteiger partial charge in [-0.05, 0) is 70.9 Å². The normalized spacial score (nSPS) is 14.3. The van der Waals surface area contributed by atoms with Gasteiger partial charge in [-0.25, -0.2) is 0 Å². The monoisotopic (exact) mass is 266 g/mol. The number of fused-ring (bicyclic) bond motifs is 3. The molecule has 1 aliphatic rings. The molecule has 2 aromatic carbocycles. The minimum Gasteiger partial charge on any atom is -0.496 e. The van der Waals surface area contributed by atoms with Crippen LogP contribution in [0.15, 0.2) is 30.3 Å². The van der Waals surface area contributed by atoms with E-state index in [1.807, 2.05) is 0 Å². The molecule has 0 N–H and O–H groups in total. The smallest absolute Gasteiger partial charge is 0.122 e. The third kappa shape index (κ3) is 2.02. The number of aryl methyl sites for hydroxylation is 1. The second-order valence-corrected chi connectivity index (χ2v) is 5.99. The third-order valence-electron chi connectivity index (χ3n) is 4.37. The van der Waals surface area contributed by atoms with Crippen LogP contribution in [0.25, 0.3) is 16.3 Å². The number of ether oxygens (including phenoxy) is 1. The molecule has 1 nitrogen and oxygen atoms in total. The predicted octanol–water partition coefficient (Wildman–Crippen LogP) is 5.32. The predicted molar refractivity (Wildman–Crippen MR) is 86.6 cm³/mol. The number of allylic oxidation sites excluding steroid dienone is 2. The van der Waals surface area contributed by atoms with Crippen LogP contribution in [0.5, 0.6) is 5.75 Å². The first-order chi connectivity index (χ1) is 9.61. The van der Waals surface area contributed by atoms with Gasteiger partial charge in [0.1, 0.15) is 5.75 Å². The minimum absolute atomic E-state index is 0.479. The van der Waals surface area contributed by atoms with Gasteiger partial charge in [-0.15, -0.1) is 0 Å². The summed E-state index contributed by atoms with van der Waals surface area (Å²) in [5.74, 6) is 1.50. The van der Waals surface area contributed by atoms with E-state index in [-0.39, 0.29) is 0 Å². The molecule has 0 fully saturated rings. The fraction of sp³-hybridized carbons (Fsp3) is 0.368. The molecule has 1 aliphatic carbocycles. The molecule has 0 bridgehead atoms. The van der Waals surface area contributed by atoms with Gasteiger partial charge >= 0.3 is 0 Å². The van der Waals surface area contributed by atoms with Crippen molar-refractivity contribution in [3.8, 4) is 5.75 Å². The Labute approximate surface area is 121 Å². The summed E-state index contributed by atoms with van der Waals surface area (Å²) in [5, 5.41) is 2.69. The average molecular weight is 266 g/mol. The van der Waals surface area contributed by atoms with Gasteiger partial charge in [0, 0.05) is 0 Å². The van der Waals surface area contributed by atoms with E-state index in [2.05, 4.69) is 51.1 Å². The molecule has 0 heterocycles. The second-order valence-electron chi connectivity index (χ2n) is 5.99. The van der Waals surface area contributed by atoms with E-state index in [0.29, 0.717) is 5.92 Å². The molecule has 1 heteroatoms. The lowest BCUT2D eigenvalue weighted by Gasteiger charge is -2.20. The second kappa shape index (κ2) is 4.97. The van der Waals surface area contributed by atoms with Crippen molar-refractivity contribution in [3.05, 3.63) is 47.0 Å². The number of benzene rings is 2. The Balaban J connectivity index is 2.31. The molecular formula is C19H22O. The van der Waals surface area contributed by atoms with Gasteiger partial charge in [-0.2, -0.15) is 0 Å². The molecule has 0 saturated heterocycles. The molecule has 0 radical (unpaired) electrons. The van der Waals surface area contributed by atoms with Crippen molar-refractivity contribution in [2.24, 2.45) is 0 Å². The van der Waals surface area contributed by atoms with Gasteiger partial charge < -0.3 is 4.74 Å². The van der Waals surface area contributed by atoms with Crippen LogP contribution in [0.2, 0.25) is 0 Å². The summed E-state index contributed by atoms with van der Waals surface area (Å²) in [6.07, 6.45) is 4.62. The molecule has 0 aliphatic heterocycles. The van der Waals surface area contributed by atoms with Crippen LogP contribution in [-0.4, -0.2) is 7.11 Å². The number of hydrogen-bond donors (Lipinski definition) is 0. The molecule has 0 spiro atoms. The van der Waals surface area contributed by atoms with Crippen molar-refractivity contribution in [2.75, 3.05) is 7.11 Å². The SMILES string of the molecule is COc1cc2c3c(ccc2cc1C(C)C)C(C)=CCC3. The summed E-state index contributed by atoms with van der Waals surface area (Å²) in [6.45, 7) is 6.65. The third-order valence-corrected chi connectivity index (χ3v) is 4.37. The van der Waals surface area contributed by atoms with Crippen molar-refractivity contribution < 1.29 is 4.74 Å². The Kier molecular flexibility index (Phi) is 3.29. The lowest BCUT2D eigenvalue weighted by Crippen LogP contribution is -2.01. The zero-order valence-corrected chi connectivity index (χ0v) is 12.8. The van der Waals surface area contributed by atoms with E-state index in [9.17, 15) is 0 Å². The fourth-order valence-corrected chi connectivity index (χ4v) is 3.24. The van der Waals surface area contributed by atoms with E-state index in [1.54, 1.807) is 7.11 Å². The van der Waals surface area contributed by atoms with Crippen LogP contribution in [0.1, 0.15) is 49.8 Å². The van der Waals surface area contributed by atoms with Crippen molar-refractivity contribution in [1.29, 1.82) is 0 Å². The topological polar surface area (TPSA) is 9.23 Å². The zero-order chi connectivity index (χ0) is 14.3. The van der Waals surface area contributed by atoms with Crippen LogP contribution >= 0.6 is 0 Å². The Morgan fingerprint density at radius 2 is 1.95 bits per heavy atom. The summed E-state index contributed by atoms with van der Waals surface area (Å²) < 4.78 is 5.62. The van der Waals surface area contributed by atoms with Gasteiger partial charge in [0.15, 0.2) is 0 Å². The highest BCUT2D eigenvalue weighted by molar-refractivity contribution is 5.92. The summed E-state index contributed by atoms with van der Waals surface area (Å²) in [4.78, 5) is 0. The van der Waals surface area contributed by atoms with Gasteiger partial charge in [0.25, 0.3) is 0 Å². The fourth-order valence-electron chi connectivity index (χ4n) is 3.24. The highest BCUT2D eigenvalue weighted by atomic mass is 16.5. The van der Waals surface area contributed by atoms with Crippen molar-refractivity contribution in [3.63, 3.8) is 0 Å². The molecule has 0 saturated carbocycles. The maximum atomic E-state index is 5.62. The summed E-state index contributed by atoms with van der Waals surface area (Å²) >= 11 is 0. The highest BCUT2D eigenvalue weighted by Crippen LogP contribution is 2.37. The molecule has 0 amide bonds. The van der Waals surface area contributed by atoms with Crippen LogP contribution < -0.4 is 4.74 Å². The first-order valence-electron chi connectivity index (χ1n) is 7.42. The van der Waals surface area contributed by atoms with Crippen LogP contribution in [-0.2, 0) is 6.42 Å². The van der Waals surface area contributed by atoms with Crippen LogP contribution in [0.3, 0.4) is 0 Å². The van der Waals surface area contributed by atoms with Gasteiger partial charge in [-0.3, -0.25) is 0 Å². The maximum absolute atomic E-state index is 5.62. The van der Waals surface area contributed by atoms with Gasteiger partial charge in [-0.1, -0.05) is 32.1 Å². The van der Waals surface area contributed by atoms with Crippen molar-refractivity contribution >= 4 is 16.3 Å². The lowest BCUT2D eigenvalue weighted by atomic mass is 9.86. The van der Waals surface area contributed by atoms with Crippen LogP contribution in [0.4, 0.5) is 0 Å². The van der Waals surface area contributed by atoms with E-state index >= 15 is 0 Å². The molecular weight excluding hydrogens is 244 g/mol. The Hall–Kier alpha value is -1.76. The molecule has 0 unspecified atom stereocenters. The summed E-state index contributed by atoms with van der Waals surface area (Å²) in [7, 11) is 1.77. The Morgan fingerprint density at radius 3 is 2.65 bits per heavy atom. The summed E-state index contributed by atoms with van der Waals surface area (Å²) in [5.41, 5.74) is 5.59. The highest BCUT2D eigenvalue weighted by Gasteiger charge is 2.16. The van der Waals surface area contributed by atoms with Gasteiger partial charge in [0.2, 0.25) is 0 Å². The Morgan fingerprint density at radius 1 is 1.15 bits per heavy atom. The zero-order valence-electron chi connectivity index (χ0n) is 12.8. The summed E-state index contributed by atoms with van der Waals surface area (Å²) in [6, 6.07) is 9.07. The van der Waals surface area contributed by atoms with E-state index < -0.39 is 0 Å². The Bertz CT molecular complexity index is 692. The molecule has 2 aromatic rings. The van der Waals surface area contributed by atoms with Crippen LogP contribution in [0, 0.1) is 0 Å². The number of methoxy groups -OCH3 is 1. The average Bonchev–Trinajstić information content (AvgIpc) is 2.45. The largest absolute Gasteiger partial charge is 0.496 e. The van der Waals surface area contributed by atoms with Gasteiger partial charge in [0.05, 0.1) is 7.11 Å². The minimum atomic E-state index is 0.479. The number of rotatable bonds is 2. The van der Waals surface area contributed by atoms with Crippen molar-refractivity contribution in [2.45, 2.75) is 39.5 Å². The quantitative estimate of drug-likeness (QED) is 0.714. The molecule has 0 aromatic heterocycles. The standard InChI is InChI=1S/C19H22O/c1-12(2)17-10-14-8-9-15-13(3)6-5-7-16(15)18(14)11-19(17)20-4/h6,8-12H,5,7H2,1-4H3. The van der Waals surface area contributed by atoms with E-state index in [4.69, 9.17) is 4.74 Å². The molecule has 104 valence electrons. The first kappa shape index (κ1) is 13.2. The molecule has 0 atom stereocenters. The van der Waals surface area contributed by atoms with E-state index in [1.165, 1.54) is 33.0 Å². The van der Waals surface area contributed by atoms with Crippen molar-refractivity contribution in [1.82, 2.24) is 0 Å². The number of hydrogen-bond acceptors (Lipinski definition) is 1.